The maximum absolute atomic E-state index is 11.2. The molecule has 98 valence electrons. The minimum Gasteiger partial charge on any atom is -0.481 e. The number of carboxylic acid groups (broad SMARTS) is 1. The molecule has 0 bridgehead atoms. The molecule has 0 aromatic rings. The van der Waals surface area contributed by atoms with Crippen LogP contribution in [0.4, 0.5) is 0 Å². The molecule has 1 aliphatic heterocycles. The average Bonchev–Trinajstić information content (AvgIpc) is 2.71. The molecule has 1 N–H and O–H groups in total. The van der Waals surface area contributed by atoms with E-state index in [4.69, 9.17) is 0 Å². The number of rotatable bonds is 3. The van der Waals surface area contributed by atoms with Crippen molar-refractivity contribution in [2.75, 3.05) is 13.1 Å². The van der Waals surface area contributed by atoms with E-state index in [1.165, 1.54) is 32.1 Å². The van der Waals surface area contributed by atoms with Crippen LogP contribution in [0.5, 0.6) is 0 Å². The third-order valence-electron chi connectivity index (χ3n) is 4.82. The van der Waals surface area contributed by atoms with E-state index in [1.54, 1.807) is 0 Å². The topological polar surface area (TPSA) is 40.5 Å². The second-order valence-electron chi connectivity index (χ2n) is 5.90. The van der Waals surface area contributed by atoms with Gasteiger partial charge in [0.25, 0.3) is 0 Å². The van der Waals surface area contributed by atoms with Gasteiger partial charge < -0.3 is 5.11 Å². The van der Waals surface area contributed by atoms with Gasteiger partial charge in [-0.05, 0) is 24.7 Å². The van der Waals surface area contributed by atoms with Gasteiger partial charge in [-0.15, -0.1) is 0 Å². The first-order valence-electron chi connectivity index (χ1n) is 7.10. The van der Waals surface area contributed by atoms with E-state index in [-0.39, 0.29) is 5.92 Å². The summed E-state index contributed by atoms with van der Waals surface area (Å²) < 4.78 is 0. The van der Waals surface area contributed by atoms with Crippen LogP contribution < -0.4 is 0 Å². The first-order chi connectivity index (χ1) is 8.13. The van der Waals surface area contributed by atoms with Crippen molar-refractivity contribution in [2.45, 2.75) is 52.0 Å². The van der Waals surface area contributed by atoms with E-state index in [0.29, 0.717) is 12.0 Å². The lowest BCUT2D eigenvalue weighted by Gasteiger charge is -2.37. The quantitative estimate of drug-likeness (QED) is 0.823. The fraction of sp³-hybridized carbons (Fsp3) is 0.929. The third kappa shape index (κ3) is 2.65. The molecule has 0 aromatic carbocycles. The van der Waals surface area contributed by atoms with Gasteiger partial charge in [0.2, 0.25) is 0 Å². The molecule has 3 heteroatoms. The Morgan fingerprint density at radius 2 is 2.00 bits per heavy atom. The van der Waals surface area contributed by atoms with E-state index in [9.17, 15) is 9.90 Å². The summed E-state index contributed by atoms with van der Waals surface area (Å²) >= 11 is 0. The smallest absolute Gasteiger partial charge is 0.308 e. The van der Waals surface area contributed by atoms with E-state index >= 15 is 0 Å². The number of hydrogen-bond acceptors (Lipinski definition) is 2. The molecule has 1 saturated heterocycles. The molecule has 0 radical (unpaired) electrons. The summed E-state index contributed by atoms with van der Waals surface area (Å²) in [4.78, 5) is 13.6. The largest absolute Gasteiger partial charge is 0.481 e. The summed E-state index contributed by atoms with van der Waals surface area (Å²) in [5.41, 5.74) is 0. The van der Waals surface area contributed by atoms with Gasteiger partial charge in [-0.25, -0.2) is 0 Å². The lowest BCUT2D eigenvalue weighted by molar-refractivity contribution is -0.142. The molecule has 2 aliphatic rings. The van der Waals surface area contributed by atoms with Gasteiger partial charge in [0.1, 0.15) is 0 Å². The third-order valence-corrected chi connectivity index (χ3v) is 4.82. The van der Waals surface area contributed by atoms with E-state index in [2.05, 4.69) is 18.7 Å². The summed E-state index contributed by atoms with van der Waals surface area (Å²) in [5, 5.41) is 9.20. The Kier molecular flexibility index (Phi) is 4.08. The summed E-state index contributed by atoms with van der Waals surface area (Å²) in [6, 6.07) is 0.653. The van der Waals surface area contributed by atoms with Crippen LogP contribution in [-0.4, -0.2) is 35.1 Å². The van der Waals surface area contributed by atoms with Crippen molar-refractivity contribution in [1.29, 1.82) is 0 Å². The summed E-state index contributed by atoms with van der Waals surface area (Å²) in [6.45, 7) is 6.12. The zero-order chi connectivity index (χ0) is 12.4. The normalized spacial score (nSPS) is 39.4. The summed E-state index contributed by atoms with van der Waals surface area (Å²) in [6.07, 6.45) is 6.54. The van der Waals surface area contributed by atoms with Crippen molar-refractivity contribution >= 4 is 5.97 Å². The van der Waals surface area contributed by atoms with Crippen molar-refractivity contribution in [3.8, 4) is 0 Å². The van der Waals surface area contributed by atoms with Gasteiger partial charge in [0.15, 0.2) is 0 Å². The van der Waals surface area contributed by atoms with Gasteiger partial charge in [0.05, 0.1) is 5.92 Å². The van der Waals surface area contributed by atoms with Crippen LogP contribution in [0.2, 0.25) is 0 Å². The second-order valence-corrected chi connectivity index (χ2v) is 5.90. The Labute approximate surface area is 104 Å². The highest BCUT2D eigenvalue weighted by Crippen LogP contribution is 2.35. The number of carboxylic acids is 1. The summed E-state index contributed by atoms with van der Waals surface area (Å²) in [7, 11) is 0. The maximum atomic E-state index is 11.2. The predicted molar refractivity (Wildman–Crippen MR) is 67.9 cm³/mol. The minimum absolute atomic E-state index is 0.144. The number of likely N-dealkylation sites (tertiary alicyclic amines) is 1. The Balaban J connectivity index is 2.00. The fourth-order valence-corrected chi connectivity index (χ4v) is 3.74. The van der Waals surface area contributed by atoms with E-state index in [1.807, 2.05) is 0 Å². The number of nitrogens with zero attached hydrogens (tertiary/aromatic N) is 1. The Morgan fingerprint density at radius 1 is 1.29 bits per heavy atom. The molecule has 2 fully saturated rings. The molecule has 0 amide bonds. The van der Waals surface area contributed by atoms with Crippen LogP contribution in [0, 0.1) is 17.8 Å². The molecule has 0 spiro atoms. The van der Waals surface area contributed by atoms with Gasteiger partial charge in [-0.2, -0.15) is 0 Å². The molecule has 1 aliphatic carbocycles. The minimum atomic E-state index is -0.608. The van der Waals surface area contributed by atoms with Crippen LogP contribution in [0.25, 0.3) is 0 Å². The highest BCUT2D eigenvalue weighted by molar-refractivity contribution is 5.71. The molecular formula is C14H25NO2. The fourth-order valence-electron chi connectivity index (χ4n) is 3.74. The standard InChI is InChI=1S/C14H25NO2/c1-3-11-6-4-5-7-13(11)15-8-10(2)12(9-15)14(16)17/h10-13H,3-9H2,1-2H3,(H,16,17)/t10-,11?,12-,13?/m1/s1. The lowest BCUT2D eigenvalue weighted by Crippen LogP contribution is -2.41. The van der Waals surface area contributed by atoms with Gasteiger partial charge in [-0.3, -0.25) is 9.69 Å². The maximum Gasteiger partial charge on any atom is 0.308 e. The Bertz CT molecular complexity index is 279. The van der Waals surface area contributed by atoms with Gasteiger partial charge in [0, 0.05) is 19.1 Å². The molecule has 2 unspecified atom stereocenters. The van der Waals surface area contributed by atoms with Crippen LogP contribution in [0.1, 0.15) is 46.0 Å². The average molecular weight is 239 g/mol. The Morgan fingerprint density at radius 3 is 2.59 bits per heavy atom. The zero-order valence-corrected chi connectivity index (χ0v) is 11.1. The molecule has 1 heterocycles. The summed E-state index contributed by atoms with van der Waals surface area (Å²) in [5.74, 6) is 0.355. The van der Waals surface area contributed by atoms with E-state index in [0.717, 1.165) is 19.0 Å². The van der Waals surface area contributed by atoms with Crippen molar-refractivity contribution in [2.24, 2.45) is 17.8 Å². The zero-order valence-electron chi connectivity index (χ0n) is 11.1. The van der Waals surface area contributed by atoms with Crippen molar-refractivity contribution in [3.05, 3.63) is 0 Å². The number of carbonyl (C=O) groups is 1. The van der Waals surface area contributed by atoms with Crippen LogP contribution in [-0.2, 0) is 4.79 Å². The second kappa shape index (κ2) is 5.38. The van der Waals surface area contributed by atoms with Crippen molar-refractivity contribution in [1.82, 2.24) is 4.90 Å². The van der Waals surface area contributed by atoms with Crippen molar-refractivity contribution in [3.63, 3.8) is 0 Å². The van der Waals surface area contributed by atoms with E-state index < -0.39 is 5.97 Å². The van der Waals surface area contributed by atoms with Crippen LogP contribution in [0.15, 0.2) is 0 Å². The molecule has 3 nitrogen and oxygen atoms in total. The molecule has 2 rings (SSSR count). The molecule has 1 saturated carbocycles. The molecular weight excluding hydrogens is 214 g/mol. The Hall–Kier alpha value is -0.570. The highest BCUT2D eigenvalue weighted by atomic mass is 16.4. The molecule has 17 heavy (non-hydrogen) atoms. The molecule has 4 atom stereocenters. The van der Waals surface area contributed by atoms with Gasteiger partial charge in [-0.1, -0.05) is 33.1 Å². The SMILES string of the molecule is CCC1CCCCC1N1C[C@@H](C)[C@H](C(=O)O)C1. The molecule has 0 aromatic heterocycles. The first kappa shape index (κ1) is 12.9. The monoisotopic (exact) mass is 239 g/mol. The first-order valence-corrected chi connectivity index (χ1v) is 7.10. The van der Waals surface area contributed by atoms with Crippen LogP contribution >= 0.6 is 0 Å². The van der Waals surface area contributed by atoms with Gasteiger partial charge >= 0.3 is 5.97 Å². The predicted octanol–water partition coefficient (Wildman–Crippen LogP) is 2.61. The lowest BCUT2D eigenvalue weighted by atomic mass is 9.82. The highest BCUT2D eigenvalue weighted by Gasteiger charge is 2.40. The van der Waals surface area contributed by atoms with Crippen LogP contribution in [0.3, 0.4) is 0 Å². The van der Waals surface area contributed by atoms with Crippen molar-refractivity contribution < 1.29 is 9.90 Å². The number of hydrogen-bond donors (Lipinski definition) is 1. The number of aliphatic carboxylic acids is 1.